The molecule has 1 aliphatic rings. The van der Waals surface area contributed by atoms with Crippen LogP contribution in [0.4, 0.5) is 5.69 Å². The SMILES string of the molecule is Nc1cccc(Cl)c1S(=O)(=O)N1CCc2ccccc2C1. The molecule has 0 unspecified atom stereocenters. The first-order valence-electron chi connectivity index (χ1n) is 6.61. The Hall–Kier alpha value is -1.56. The first kappa shape index (κ1) is 14.4. The second-order valence-electron chi connectivity index (χ2n) is 5.02. The van der Waals surface area contributed by atoms with E-state index in [1.54, 1.807) is 18.2 Å². The molecule has 0 aliphatic carbocycles. The molecular weight excluding hydrogens is 308 g/mol. The number of benzene rings is 2. The van der Waals surface area contributed by atoms with Gasteiger partial charge in [-0.3, -0.25) is 0 Å². The van der Waals surface area contributed by atoms with E-state index in [2.05, 4.69) is 0 Å². The van der Waals surface area contributed by atoms with Gasteiger partial charge in [-0.25, -0.2) is 8.42 Å². The van der Waals surface area contributed by atoms with E-state index in [0.717, 1.165) is 5.56 Å². The fourth-order valence-electron chi connectivity index (χ4n) is 2.60. The summed E-state index contributed by atoms with van der Waals surface area (Å²) in [6, 6.07) is 12.6. The first-order chi connectivity index (χ1) is 10.00. The fourth-order valence-corrected chi connectivity index (χ4v) is 4.66. The van der Waals surface area contributed by atoms with E-state index >= 15 is 0 Å². The number of fused-ring (bicyclic) bond motifs is 1. The Labute approximate surface area is 129 Å². The smallest absolute Gasteiger partial charge is 0.246 e. The second kappa shape index (κ2) is 5.33. The van der Waals surface area contributed by atoms with E-state index in [-0.39, 0.29) is 15.6 Å². The van der Waals surface area contributed by atoms with Gasteiger partial charge in [0.05, 0.1) is 10.7 Å². The summed E-state index contributed by atoms with van der Waals surface area (Å²) in [6.07, 6.45) is 0.694. The quantitative estimate of drug-likeness (QED) is 0.865. The molecule has 2 N–H and O–H groups in total. The summed E-state index contributed by atoms with van der Waals surface area (Å²) in [5, 5.41) is 0.161. The van der Waals surface area contributed by atoms with Gasteiger partial charge in [-0.05, 0) is 29.7 Å². The molecule has 0 amide bonds. The molecule has 21 heavy (non-hydrogen) atoms. The van der Waals surface area contributed by atoms with Crippen molar-refractivity contribution in [3.05, 3.63) is 58.6 Å². The molecule has 1 heterocycles. The monoisotopic (exact) mass is 322 g/mol. The van der Waals surface area contributed by atoms with Crippen LogP contribution in [0.5, 0.6) is 0 Å². The number of sulfonamides is 1. The van der Waals surface area contributed by atoms with Crippen LogP contribution in [0.2, 0.25) is 5.02 Å². The average Bonchev–Trinajstić information content (AvgIpc) is 2.46. The van der Waals surface area contributed by atoms with Crippen LogP contribution in [0.3, 0.4) is 0 Å². The molecule has 0 bridgehead atoms. The topological polar surface area (TPSA) is 63.4 Å². The maximum absolute atomic E-state index is 12.8. The van der Waals surface area contributed by atoms with Crippen molar-refractivity contribution in [1.29, 1.82) is 0 Å². The molecule has 110 valence electrons. The van der Waals surface area contributed by atoms with Crippen molar-refractivity contribution in [1.82, 2.24) is 4.31 Å². The number of nitrogens with two attached hydrogens (primary N) is 1. The number of hydrogen-bond acceptors (Lipinski definition) is 3. The molecule has 3 rings (SSSR count). The van der Waals surface area contributed by atoms with Crippen LogP contribution in [0.25, 0.3) is 0 Å². The highest BCUT2D eigenvalue weighted by Gasteiger charge is 2.31. The van der Waals surface area contributed by atoms with Crippen molar-refractivity contribution in [2.45, 2.75) is 17.9 Å². The standard InChI is InChI=1S/C15H15ClN2O2S/c16-13-6-3-7-14(17)15(13)21(19,20)18-9-8-11-4-1-2-5-12(11)10-18/h1-7H,8-10,17H2. The van der Waals surface area contributed by atoms with E-state index in [4.69, 9.17) is 17.3 Å². The minimum absolute atomic E-state index is 0.00560. The number of rotatable bonds is 2. The molecule has 1 aliphatic heterocycles. The normalized spacial score (nSPS) is 15.7. The van der Waals surface area contributed by atoms with Crippen LogP contribution < -0.4 is 5.73 Å². The highest BCUT2D eigenvalue weighted by Crippen LogP contribution is 2.32. The summed E-state index contributed by atoms with van der Waals surface area (Å²) in [6.45, 7) is 0.785. The van der Waals surface area contributed by atoms with E-state index in [0.29, 0.717) is 19.5 Å². The maximum Gasteiger partial charge on any atom is 0.246 e. The molecule has 0 saturated carbocycles. The molecular formula is C15H15ClN2O2S. The van der Waals surface area contributed by atoms with Crippen LogP contribution in [-0.4, -0.2) is 19.3 Å². The highest BCUT2D eigenvalue weighted by molar-refractivity contribution is 7.89. The van der Waals surface area contributed by atoms with E-state index in [9.17, 15) is 8.42 Å². The van der Waals surface area contributed by atoms with Crippen LogP contribution in [0.15, 0.2) is 47.4 Å². The Morgan fingerprint density at radius 3 is 2.48 bits per heavy atom. The van der Waals surface area contributed by atoms with Gasteiger partial charge in [0.2, 0.25) is 10.0 Å². The van der Waals surface area contributed by atoms with Crippen molar-refractivity contribution in [3.8, 4) is 0 Å². The Kier molecular flexibility index (Phi) is 3.65. The zero-order valence-corrected chi connectivity index (χ0v) is 12.9. The minimum atomic E-state index is -3.69. The molecule has 0 saturated heterocycles. The average molecular weight is 323 g/mol. The maximum atomic E-state index is 12.8. The molecule has 0 radical (unpaired) electrons. The van der Waals surface area contributed by atoms with E-state index in [1.165, 1.54) is 9.87 Å². The van der Waals surface area contributed by atoms with E-state index < -0.39 is 10.0 Å². The predicted octanol–water partition coefficient (Wildman–Crippen LogP) is 2.67. The van der Waals surface area contributed by atoms with Crippen LogP contribution in [-0.2, 0) is 23.0 Å². The van der Waals surface area contributed by atoms with E-state index in [1.807, 2.05) is 24.3 Å². The van der Waals surface area contributed by atoms with Gasteiger partial charge in [0.1, 0.15) is 4.90 Å². The molecule has 2 aromatic carbocycles. The number of anilines is 1. The highest BCUT2D eigenvalue weighted by atomic mass is 35.5. The lowest BCUT2D eigenvalue weighted by molar-refractivity contribution is 0.391. The lowest BCUT2D eigenvalue weighted by atomic mass is 10.0. The Morgan fingerprint density at radius 1 is 1.05 bits per heavy atom. The predicted molar refractivity (Wildman–Crippen MR) is 83.6 cm³/mol. The number of hydrogen-bond donors (Lipinski definition) is 1. The van der Waals surface area contributed by atoms with Crippen LogP contribution in [0, 0.1) is 0 Å². The van der Waals surface area contributed by atoms with Crippen molar-refractivity contribution >= 4 is 27.3 Å². The largest absolute Gasteiger partial charge is 0.398 e. The summed E-state index contributed by atoms with van der Waals surface area (Å²) in [4.78, 5) is 0.00560. The summed E-state index contributed by atoms with van der Waals surface area (Å²) in [5.41, 5.74) is 8.22. The summed E-state index contributed by atoms with van der Waals surface area (Å²) < 4.78 is 27.0. The Morgan fingerprint density at radius 2 is 1.76 bits per heavy atom. The van der Waals surface area contributed by atoms with Crippen LogP contribution in [0.1, 0.15) is 11.1 Å². The third-order valence-corrected chi connectivity index (χ3v) is 6.08. The number of nitrogens with zero attached hydrogens (tertiary/aromatic N) is 1. The molecule has 0 aromatic heterocycles. The zero-order chi connectivity index (χ0) is 15.0. The van der Waals surface area contributed by atoms with Gasteiger partial charge in [0.25, 0.3) is 0 Å². The van der Waals surface area contributed by atoms with Gasteiger partial charge in [0.15, 0.2) is 0 Å². The van der Waals surface area contributed by atoms with Gasteiger partial charge in [-0.2, -0.15) is 4.31 Å². The summed E-state index contributed by atoms with van der Waals surface area (Å²) in [5.74, 6) is 0. The number of nitrogen functional groups attached to an aromatic ring is 1. The third-order valence-electron chi connectivity index (χ3n) is 3.69. The number of halogens is 1. The first-order valence-corrected chi connectivity index (χ1v) is 8.43. The molecule has 6 heteroatoms. The van der Waals surface area contributed by atoms with Crippen molar-refractivity contribution in [3.63, 3.8) is 0 Å². The zero-order valence-electron chi connectivity index (χ0n) is 11.3. The lowest BCUT2D eigenvalue weighted by Gasteiger charge is -2.28. The van der Waals surface area contributed by atoms with Crippen LogP contribution >= 0.6 is 11.6 Å². The summed E-state index contributed by atoms with van der Waals surface area (Å²) in [7, 11) is -3.69. The van der Waals surface area contributed by atoms with Gasteiger partial charge in [-0.15, -0.1) is 0 Å². The molecule has 0 spiro atoms. The van der Waals surface area contributed by atoms with Gasteiger partial charge >= 0.3 is 0 Å². The Balaban J connectivity index is 2.01. The minimum Gasteiger partial charge on any atom is -0.398 e. The van der Waals surface area contributed by atoms with Crippen molar-refractivity contribution < 1.29 is 8.42 Å². The van der Waals surface area contributed by atoms with Crippen molar-refractivity contribution in [2.24, 2.45) is 0 Å². The van der Waals surface area contributed by atoms with Gasteiger partial charge in [-0.1, -0.05) is 41.9 Å². The van der Waals surface area contributed by atoms with Gasteiger partial charge < -0.3 is 5.73 Å². The fraction of sp³-hybridized carbons (Fsp3) is 0.200. The molecule has 0 fully saturated rings. The molecule has 2 aromatic rings. The van der Waals surface area contributed by atoms with Gasteiger partial charge in [0, 0.05) is 13.1 Å². The molecule has 0 atom stereocenters. The summed E-state index contributed by atoms with van der Waals surface area (Å²) >= 11 is 6.05. The molecule has 4 nitrogen and oxygen atoms in total. The Bertz CT molecular complexity index is 770. The third kappa shape index (κ3) is 2.52. The lowest BCUT2D eigenvalue weighted by Crippen LogP contribution is -2.36. The van der Waals surface area contributed by atoms with Crippen molar-refractivity contribution in [2.75, 3.05) is 12.3 Å². The second-order valence-corrected chi connectivity index (χ2v) is 7.30.